The van der Waals surface area contributed by atoms with E-state index in [2.05, 4.69) is 0 Å². The molecule has 1 fully saturated rings. The van der Waals surface area contributed by atoms with Gasteiger partial charge in [0, 0.05) is 5.41 Å². The van der Waals surface area contributed by atoms with Gasteiger partial charge >= 0.3 is 5.97 Å². The predicted molar refractivity (Wildman–Crippen MR) is 60.3 cm³/mol. The molecule has 0 aliphatic carbocycles. The fourth-order valence-electron chi connectivity index (χ4n) is 2.13. The Labute approximate surface area is 99.2 Å². The number of halogens is 1. The summed E-state index contributed by atoms with van der Waals surface area (Å²) in [6.07, 6.45) is 0.478. The molecule has 0 saturated carbocycles. The van der Waals surface area contributed by atoms with E-state index in [1.54, 1.807) is 12.1 Å². The molecule has 1 saturated heterocycles. The van der Waals surface area contributed by atoms with Gasteiger partial charge in [0.25, 0.3) is 0 Å². The van der Waals surface area contributed by atoms with Gasteiger partial charge in [-0.2, -0.15) is 0 Å². The van der Waals surface area contributed by atoms with Crippen molar-refractivity contribution in [3.8, 4) is 0 Å². The normalized spacial score (nSPS) is 19.4. The lowest BCUT2D eigenvalue weighted by molar-refractivity contribution is -0.145. The number of carboxylic acids is 1. The molecule has 2 rings (SSSR count). The molecule has 1 aliphatic heterocycles. The van der Waals surface area contributed by atoms with Crippen LogP contribution in [0.2, 0.25) is 0 Å². The monoisotopic (exact) mass is 238 g/mol. The van der Waals surface area contributed by atoms with E-state index in [-0.39, 0.29) is 5.41 Å². The minimum atomic E-state index is -0.913. The molecular formula is C13H15FO3. The number of hydrogen-bond donors (Lipinski definition) is 1. The van der Waals surface area contributed by atoms with Crippen LogP contribution in [-0.4, -0.2) is 24.3 Å². The van der Waals surface area contributed by atoms with Gasteiger partial charge in [-0.1, -0.05) is 19.1 Å². The maximum absolute atomic E-state index is 13.1. The lowest BCUT2D eigenvalue weighted by Gasteiger charge is -2.39. The molecule has 3 nitrogen and oxygen atoms in total. The molecule has 1 N–H and O–H groups in total. The Morgan fingerprint density at radius 2 is 2.29 bits per heavy atom. The van der Waals surface area contributed by atoms with Crippen LogP contribution in [0.4, 0.5) is 4.39 Å². The molecular weight excluding hydrogens is 223 g/mol. The average molecular weight is 238 g/mol. The number of ether oxygens (including phenoxy) is 1. The Balaban J connectivity index is 2.20. The van der Waals surface area contributed by atoms with Crippen LogP contribution in [0.15, 0.2) is 24.3 Å². The molecule has 0 aromatic heterocycles. The molecule has 0 amide bonds. The SMILES string of the molecule is CC1(CC(C(=O)O)c2cccc(F)c2)COC1. The Kier molecular flexibility index (Phi) is 3.15. The Hall–Kier alpha value is -1.42. The van der Waals surface area contributed by atoms with Gasteiger partial charge < -0.3 is 9.84 Å². The highest BCUT2D eigenvalue weighted by molar-refractivity contribution is 5.76. The van der Waals surface area contributed by atoms with E-state index >= 15 is 0 Å². The number of rotatable bonds is 4. The third-order valence-corrected chi connectivity index (χ3v) is 3.15. The highest BCUT2D eigenvalue weighted by Gasteiger charge is 2.38. The molecule has 0 spiro atoms. The average Bonchev–Trinajstić information content (AvgIpc) is 2.23. The molecule has 1 aromatic carbocycles. The predicted octanol–water partition coefficient (Wildman–Crippen LogP) is 2.42. The first-order valence-electron chi connectivity index (χ1n) is 5.56. The third-order valence-electron chi connectivity index (χ3n) is 3.15. The summed E-state index contributed by atoms with van der Waals surface area (Å²) in [7, 11) is 0. The summed E-state index contributed by atoms with van der Waals surface area (Å²) in [6.45, 7) is 3.14. The van der Waals surface area contributed by atoms with Crippen molar-refractivity contribution in [1.82, 2.24) is 0 Å². The van der Waals surface area contributed by atoms with Crippen LogP contribution in [0.25, 0.3) is 0 Å². The summed E-state index contributed by atoms with van der Waals surface area (Å²) >= 11 is 0. The third kappa shape index (κ3) is 2.64. The van der Waals surface area contributed by atoms with Crippen LogP contribution >= 0.6 is 0 Å². The summed E-state index contributed by atoms with van der Waals surface area (Å²) in [4.78, 5) is 11.3. The van der Waals surface area contributed by atoms with Gasteiger partial charge in [0.05, 0.1) is 19.1 Å². The lowest BCUT2D eigenvalue weighted by Crippen LogP contribution is -2.41. The summed E-state index contributed by atoms with van der Waals surface area (Å²) in [5.41, 5.74) is 0.417. The van der Waals surface area contributed by atoms with E-state index in [1.165, 1.54) is 12.1 Å². The number of carboxylic acid groups (broad SMARTS) is 1. The Bertz CT molecular complexity index is 426. The fourth-order valence-corrected chi connectivity index (χ4v) is 2.13. The zero-order valence-corrected chi connectivity index (χ0v) is 9.65. The van der Waals surface area contributed by atoms with Gasteiger partial charge in [0.1, 0.15) is 5.82 Å². The van der Waals surface area contributed by atoms with E-state index in [1.807, 2.05) is 6.92 Å². The summed E-state index contributed by atoms with van der Waals surface area (Å²) < 4.78 is 18.2. The number of aliphatic carboxylic acids is 1. The van der Waals surface area contributed by atoms with Gasteiger partial charge in [0.2, 0.25) is 0 Å². The fraction of sp³-hybridized carbons (Fsp3) is 0.462. The lowest BCUT2D eigenvalue weighted by atomic mass is 9.77. The second kappa shape index (κ2) is 4.45. The molecule has 92 valence electrons. The molecule has 1 unspecified atom stereocenters. The number of benzene rings is 1. The minimum Gasteiger partial charge on any atom is -0.481 e. The molecule has 0 radical (unpaired) electrons. The van der Waals surface area contributed by atoms with E-state index in [9.17, 15) is 14.3 Å². The highest BCUT2D eigenvalue weighted by atomic mass is 19.1. The van der Waals surface area contributed by atoms with Crippen molar-refractivity contribution in [3.05, 3.63) is 35.6 Å². The van der Waals surface area contributed by atoms with Gasteiger partial charge in [-0.3, -0.25) is 4.79 Å². The van der Waals surface area contributed by atoms with Crippen LogP contribution in [0, 0.1) is 11.2 Å². The molecule has 0 bridgehead atoms. The van der Waals surface area contributed by atoms with Crippen molar-refractivity contribution in [2.45, 2.75) is 19.3 Å². The van der Waals surface area contributed by atoms with Crippen LogP contribution < -0.4 is 0 Å². The minimum absolute atomic E-state index is 0.102. The van der Waals surface area contributed by atoms with Crippen LogP contribution in [0.3, 0.4) is 0 Å². The van der Waals surface area contributed by atoms with Gasteiger partial charge in [-0.15, -0.1) is 0 Å². The molecule has 1 atom stereocenters. The van der Waals surface area contributed by atoms with Crippen molar-refractivity contribution < 1.29 is 19.0 Å². The maximum Gasteiger partial charge on any atom is 0.310 e. The molecule has 17 heavy (non-hydrogen) atoms. The van der Waals surface area contributed by atoms with Crippen molar-refractivity contribution in [2.75, 3.05) is 13.2 Å². The molecule has 1 heterocycles. The summed E-state index contributed by atoms with van der Waals surface area (Å²) in [5, 5.41) is 9.24. The van der Waals surface area contributed by atoms with E-state index in [0.29, 0.717) is 25.2 Å². The van der Waals surface area contributed by atoms with Gasteiger partial charge in [-0.05, 0) is 24.1 Å². The number of hydrogen-bond acceptors (Lipinski definition) is 2. The zero-order chi connectivity index (χ0) is 12.5. The molecule has 1 aromatic rings. The second-order valence-electron chi connectivity index (χ2n) is 4.95. The van der Waals surface area contributed by atoms with Crippen LogP contribution in [0.5, 0.6) is 0 Å². The molecule has 1 aliphatic rings. The first-order chi connectivity index (χ1) is 8.00. The first kappa shape index (κ1) is 12.0. The van der Waals surface area contributed by atoms with Crippen molar-refractivity contribution in [2.24, 2.45) is 5.41 Å². The van der Waals surface area contributed by atoms with Crippen molar-refractivity contribution in [1.29, 1.82) is 0 Å². The topological polar surface area (TPSA) is 46.5 Å². The van der Waals surface area contributed by atoms with Gasteiger partial charge in [0.15, 0.2) is 0 Å². The van der Waals surface area contributed by atoms with E-state index in [0.717, 1.165) is 0 Å². The quantitative estimate of drug-likeness (QED) is 0.876. The Morgan fingerprint density at radius 1 is 1.59 bits per heavy atom. The van der Waals surface area contributed by atoms with E-state index in [4.69, 9.17) is 4.74 Å². The van der Waals surface area contributed by atoms with Crippen molar-refractivity contribution in [3.63, 3.8) is 0 Å². The summed E-state index contributed by atoms with van der Waals surface area (Å²) in [6, 6.07) is 5.81. The van der Waals surface area contributed by atoms with Crippen LogP contribution in [-0.2, 0) is 9.53 Å². The van der Waals surface area contributed by atoms with Crippen LogP contribution in [0.1, 0.15) is 24.8 Å². The second-order valence-corrected chi connectivity index (χ2v) is 4.95. The Morgan fingerprint density at radius 3 is 2.76 bits per heavy atom. The summed E-state index contributed by atoms with van der Waals surface area (Å²) in [5.74, 6) is -1.98. The number of carbonyl (C=O) groups is 1. The van der Waals surface area contributed by atoms with E-state index < -0.39 is 17.7 Å². The zero-order valence-electron chi connectivity index (χ0n) is 9.65. The largest absolute Gasteiger partial charge is 0.481 e. The molecule has 4 heteroatoms. The van der Waals surface area contributed by atoms with Gasteiger partial charge in [-0.25, -0.2) is 4.39 Å². The standard InChI is InChI=1S/C13H15FO3/c1-13(7-17-8-13)6-11(12(15)16)9-3-2-4-10(14)5-9/h2-5,11H,6-8H2,1H3,(H,15,16). The maximum atomic E-state index is 13.1. The smallest absolute Gasteiger partial charge is 0.310 e. The highest BCUT2D eigenvalue weighted by Crippen LogP contribution is 2.37. The first-order valence-corrected chi connectivity index (χ1v) is 5.56. The van der Waals surface area contributed by atoms with Crippen molar-refractivity contribution >= 4 is 5.97 Å².